The topological polar surface area (TPSA) is 45.8 Å². The van der Waals surface area contributed by atoms with Gasteiger partial charge in [0, 0.05) is 22.4 Å². The monoisotopic (exact) mass is 300 g/mol. The van der Waals surface area contributed by atoms with Crippen LogP contribution in [0.2, 0.25) is 0 Å². The molecule has 0 fully saturated rings. The number of hydrogen-bond acceptors (Lipinski definition) is 2. The normalized spacial score (nSPS) is 10.7. The number of pyridine rings is 2. The summed E-state index contributed by atoms with van der Waals surface area (Å²) in [6.07, 6.45) is 1.62. The molecule has 0 saturated heterocycles. The van der Waals surface area contributed by atoms with Crippen molar-refractivity contribution in [2.45, 2.75) is 0 Å². The standard InChI is InChI=1S/C14H9BrN2O/c15-10-5-3-9(4-6-10)12-8-13(18)14-11(17-12)2-1-7-16-14/h1-8H,(H,17,18). The lowest BCUT2D eigenvalue weighted by Crippen LogP contribution is -2.04. The molecule has 1 N–H and O–H groups in total. The number of aromatic nitrogens is 2. The van der Waals surface area contributed by atoms with Crippen molar-refractivity contribution in [3.63, 3.8) is 0 Å². The van der Waals surface area contributed by atoms with E-state index in [0.29, 0.717) is 5.52 Å². The minimum atomic E-state index is -0.0673. The zero-order valence-electron chi connectivity index (χ0n) is 9.35. The summed E-state index contributed by atoms with van der Waals surface area (Å²) in [7, 11) is 0. The van der Waals surface area contributed by atoms with Gasteiger partial charge in [-0.15, -0.1) is 0 Å². The first kappa shape index (κ1) is 11.2. The van der Waals surface area contributed by atoms with Crippen molar-refractivity contribution < 1.29 is 0 Å². The summed E-state index contributed by atoms with van der Waals surface area (Å²) in [5.41, 5.74) is 2.93. The van der Waals surface area contributed by atoms with Gasteiger partial charge in [-0.3, -0.25) is 9.78 Å². The first-order valence-corrected chi connectivity index (χ1v) is 6.27. The van der Waals surface area contributed by atoms with Crippen LogP contribution in [0.3, 0.4) is 0 Å². The first-order valence-electron chi connectivity index (χ1n) is 5.48. The van der Waals surface area contributed by atoms with Gasteiger partial charge in [0.1, 0.15) is 5.52 Å². The fraction of sp³-hybridized carbons (Fsp3) is 0. The van der Waals surface area contributed by atoms with Crippen molar-refractivity contribution in [3.8, 4) is 11.3 Å². The van der Waals surface area contributed by atoms with Gasteiger partial charge in [-0.05, 0) is 29.8 Å². The van der Waals surface area contributed by atoms with Gasteiger partial charge < -0.3 is 4.98 Å². The maximum atomic E-state index is 11.9. The summed E-state index contributed by atoms with van der Waals surface area (Å²) in [6, 6.07) is 13.0. The van der Waals surface area contributed by atoms with Crippen LogP contribution in [0.5, 0.6) is 0 Å². The molecule has 2 aromatic heterocycles. The van der Waals surface area contributed by atoms with Gasteiger partial charge in [0.15, 0.2) is 0 Å². The minimum Gasteiger partial charge on any atom is -0.353 e. The number of aromatic amines is 1. The molecule has 0 aliphatic heterocycles. The zero-order valence-corrected chi connectivity index (χ0v) is 10.9. The Labute approximate surface area is 112 Å². The van der Waals surface area contributed by atoms with Gasteiger partial charge in [-0.2, -0.15) is 0 Å². The van der Waals surface area contributed by atoms with Crippen LogP contribution in [-0.2, 0) is 0 Å². The summed E-state index contributed by atoms with van der Waals surface area (Å²) in [5, 5.41) is 0. The van der Waals surface area contributed by atoms with Crippen molar-refractivity contribution in [1.29, 1.82) is 0 Å². The maximum absolute atomic E-state index is 11.9. The average Bonchev–Trinajstić information content (AvgIpc) is 2.39. The molecule has 4 heteroatoms. The van der Waals surface area contributed by atoms with Crippen LogP contribution < -0.4 is 5.43 Å². The van der Waals surface area contributed by atoms with E-state index >= 15 is 0 Å². The molecule has 3 aromatic rings. The van der Waals surface area contributed by atoms with E-state index in [1.54, 1.807) is 12.3 Å². The second-order valence-electron chi connectivity index (χ2n) is 3.95. The van der Waals surface area contributed by atoms with Crippen molar-refractivity contribution in [2.24, 2.45) is 0 Å². The van der Waals surface area contributed by atoms with E-state index in [4.69, 9.17) is 0 Å². The fourth-order valence-electron chi connectivity index (χ4n) is 1.87. The van der Waals surface area contributed by atoms with Crippen LogP contribution in [0.4, 0.5) is 0 Å². The molecule has 0 amide bonds. The third kappa shape index (κ3) is 1.95. The molecule has 1 aromatic carbocycles. The number of hydrogen-bond donors (Lipinski definition) is 1. The van der Waals surface area contributed by atoms with Gasteiger partial charge in [0.05, 0.1) is 5.52 Å². The Balaban J connectivity index is 2.24. The van der Waals surface area contributed by atoms with Crippen molar-refractivity contribution in [2.75, 3.05) is 0 Å². The summed E-state index contributed by atoms with van der Waals surface area (Å²) < 4.78 is 1.01. The molecule has 0 radical (unpaired) electrons. The van der Waals surface area contributed by atoms with E-state index in [2.05, 4.69) is 25.9 Å². The SMILES string of the molecule is O=c1cc(-c2ccc(Br)cc2)[nH]c2cccnc12. The Morgan fingerprint density at radius 3 is 2.67 bits per heavy atom. The molecule has 3 rings (SSSR count). The van der Waals surface area contributed by atoms with Gasteiger partial charge in [-0.1, -0.05) is 28.1 Å². The lowest BCUT2D eigenvalue weighted by atomic mass is 10.1. The number of rotatable bonds is 1. The first-order chi connectivity index (χ1) is 8.74. The highest BCUT2D eigenvalue weighted by Gasteiger charge is 2.04. The molecular formula is C14H9BrN2O. The summed E-state index contributed by atoms with van der Waals surface area (Å²) >= 11 is 3.39. The highest BCUT2D eigenvalue weighted by molar-refractivity contribution is 9.10. The Bertz CT molecular complexity index is 763. The largest absolute Gasteiger partial charge is 0.353 e. The Kier molecular flexibility index (Phi) is 2.72. The fourth-order valence-corrected chi connectivity index (χ4v) is 2.13. The van der Waals surface area contributed by atoms with Crippen LogP contribution >= 0.6 is 15.9 Å². The molecule has 2 heterocycles. The molecule has 3 nitrogen and oxygen atoms in total. The van der Waals surface area contributed by atoms with E-state index in [1.165, 1.54) is 0 Å². The van der Waals surface area contributed by atoms with E-state index in [-0.39, 0.29) is 5.43 Å². The summed E-state index contributed by atoms with van der Waals surface area (Å²) in [4.78, 5) is 19.3. The molecule has 0 saturated carbocycles. The maximum Gasteiger partial charge on any atom is 0.208 e. The van der Waals surface area contributed by atoms with Gasteiger partial charge in [0.25, 0.3) is 0 Å². The Hall–Kier alpha value is -1.94. The molecule has 0 aliphatic carbocycles. The zero-order chi connectivity index (χ0) is 12.5. The number of H-pyrrole nitrogens is 1. The van der Waals surface area contributed by atoms with E-state index < -0.39 is 0 Å². The molecule has 88 valence electrons. The number of nitrogens with one attached hydrogen (secondary N) is 1. The predicted octanol–water partition coefficient (Wildman–Crippen LogP) is 3.35. The van der Waals surface area contributed by atoms with Gasteiger partial charge in [-0.25, -0.2) is 0 Å². The molecular weight excluding hydrogens is 292 g/mol. The quantitative estimate of drug-likeness (QED) is 0.749. The van der Waals surface area contributed by atoms with Crippen molar-refractivity contribution in [3.05, 3.63) is 63.4 Å². The van der Waals surface area contributed by atoms with Crippen LogP contribution in [0.25, 0.3) is 22.3 Å². The third-order valence-electron chi connectivity index (χ3n) is 2.74. The number of benzene rings is 1. The molecule has 0 spiro atoms. The molecule has 0 unspecified atom stereocenters. The van der Waals surface area contributed by atoms with Crippen molar-refractivity contribution >= 4 is 27.0 Å². The number of halogens is 1. The molecule has 18 heavy (non-hydrogen) atoms. The van der Waals surface area contributed by atoms with Crippen molar-refractivity contribution in [1.82, 2.24) is 9.97 Å². The highest BCUT2D eigenvalue weighted by atomic mass is 79.9. The van der Waals surface area contributed by atoms with E-state index in [1.807, 2.05) is 36.4 Å². The Morgan fingerprint density at radius 1 is 1.11 bits per heavy atom. The second kappa shape index (κ2) is 4.38. The molecule has 0 atom stereocenters. The lowest BCUT2D eigenvalue weighted by Gasteiger charge is -2.04. The number of fused-ring (bicyclic) bond motifs is 1. The Morgan fingerprint density at radius 2 is 1.89 bits per heavy atom. The second-order valence-corrected chi connectivity index (χ2v) is 4.87. The summed E-state index contributed by atoms with van der Waals surface area (Å²) in [5.74, 6) is 0. The highest BCUT2D eigenvalue weighted by Crippen LogP contribution is 2.20. The minimum absolute atomic E-state index is 0.0673. The summed E-state index contributed by atoms with van der Waals surface area (Å²) in [6.45, 7) is 0. The van der Waals surface area contributed by atoms with Crippen LogP contribution in [0.1, 0.15) is 0 Å². The molecule has 0 aliphatic rings. The number of nitrogens with zero attached hydrogens (tertiary/aromatic N) is 1. The predicted molar refractivity (Wildman–Crippen MR) is 75.5 cm³/mol. The lowest BCUT2D eigenvalue weighted by molar-refractivity contribution is 1.31. The smallest absolute Gasteiger partial charge is 0.208 e. The van der Waals surface area contributed by atoms with Crippen LogP contribution in [0.15, 0.2) is 57.9 Å². The third-order valence-corrected chi connectivity index (χ3v) is 3.27. The van der Waals surface area contributed by atoms with Gasteiger partial charge >= 0.3 is 0 Å². The van der Waals surface area contributed by atoms with E-state index in [0.717, 1.165) is 21.2 Å². The van der Waals surface area contributed by atoms with Crippen LogP contribution in [0, 0.1) is 0 Å². The average molecular weight is 301 g/mol. The van der Waals surface area contributed by atoms with Gasteiger partial charge in [0.2, 0.25) is 5.43 Å². The van der Waals surface area contributed by atoms with E-state index in [9.17, 15) is 4.79 Å². The van der Waals surface area contributed by atoms with Crippen LogP contribution in [-0.4, -0.2) is 9.97 Å². The molecule has 0 bridgehead atoms.